The van der Waals surface area contributed by atoms with Crippen LogP contribution in [0.3, 0.4) is 0 Å². The van der Waals surface area contributed by atoms with E-state index in [-0.39, 0.29) is 16.3 Å². The Bertz CT molecular complexity index is 501. The first-order chi connectivity index (χ1) is 7.01. The molecule has 0 aliphatic carbocycles. The number of sulfone groups is 1. The van der Waals surface area contributed by atoms with E-state index in [4.69, 9.17) is 11.0 Å². The molecule has 0 saturated heterocycles. The molecule has 0 spiro atoms. The molecule has 0 amide bonds. The van der Waals surface area contributed by atoms with Gasteiger partial charge in [0, 0.05) is 0 Å². The Kier molecular flexibility index (Phi) is 3.32. The molecule has 4 nitrogen and oxygen atoms in total. The summed E-state index contributed by atoms with van der Waals surface area (Å²) in [5.41, 5.74) is 6.07. The van der Waals surface area contributed by atoms with Gasteiger partial charge in [0.15, 0.2) is 9.84 Å². The summed E-state index contributed by atoms with van der Waals surface area (Å²) in [6.07, 6.45) is 0.526. The van der Waals surface area contributed by atoms with E-state index in [1.807, 2.05) is 6.07 Å². The van der Waals surface area contributed by atoms with Crippen molar-refractivity contribution < 1.29 is 8.42 Å². The predicted octanol–water partition coefficient (Wildman–Crippen LogP) is 1.32. The molecule has 0 atom stereocenters. The Balaban J connectivity index is 3.31. The van der Waals surface area contributed by atoms with E-state index in [1.165, 1.54) is 18.2 Å². The number of nitriles is 1. The van der Waals surface area contributed by atoms with Crippen molar-refractivity contribution in [1.29, 1.82) is 5.26 Å². The maximum Gasteiger partial charge on any atom is 0.180 e. The molecule has 15 heavy (non-hydrogen) atoms. The van der Waals surface area contributed by atoms with E-state index in [0.29, 0.717) is 12.0 Å². The van der Waals surface area contributed by atoms with Crippen molar-refractivity contribution in [2.75, 3.05) is 11.5 Å². The second-order valence-corrected chi connectivity index (χ2v) is 5.26. The summed E-state index contributed by atoms with van der Waals surface area (Å²) < 4.78 is 23.5. The van der Waals surface area contributed by atoms with Gasteiger partial charge in [-0.25, -0.2) is 8.42 Å². The van der Waals surface area contributed by atoms with Gasteiger partial charge < -0.3 is 5.73 Å². The predicted molar refractivity (Wildman–Crippen MR) is 57.9 cm³/mol. The van der Waals surface area contributed by atoms with E-state index in [1.54, 1.807) is 6.92 Å². The van der Waals surface area contributed by atoms with E-state index in [0.717, 1.165) is 0 Å². The minimum absolute atomic E-state index is 0.0477. The fraction of sp³-hybridized carbons (Fsp3) is 0.300. The van der Waals surface area contributed by atoms with Gasteiger partial charge in [-0.2, -0.15) is 5.26 Å². The van der Waals surface area contributed by atoms with Crippen LogP contribution >= 0.6 is 0 Å². The highest BCUT2D eigenvalue weighted by molar-refractivity contribution is 7.91. The van der Waals surface area contributed by atoms with Crippen LogP contribution < -0.4 is 5.73 Å². The van der Waals surface area contributed by atoms with Crippen LogP contribution in [0.2, 0.25) is 0 Å². The van der Waals surface area contributed by atoms with Crippen molar-refractivity contribution in [3.8, 4) is 6.07 Å². The number of nitrogens with two attached hydrogens (primary N) is 1. The van der Waals surface area contributed by atoms with Crippen LogP contribution in [-0.2, 0) is 9.84 Å². The Morgan fingerprint density at radius 1 is 1.47 bits per heavy atom. The van der Waals surface area contributed by atoms with E-state index in [9.17, 15) is 8.42 Å². The minimum atomic E-state index is -3.35. The Morgan fingerprint density at radius 2 is 2.13 bits per heavy atom. The quantitative estimate of drug-likeness (QED) is 0.785. The van der Waals surface area contributed by atoms with Crippen LogP contribution in [0.1, 0.15) is 18.9 Å². The number of hydrogen-bond donors (Lipinski definition) is 1. The summed E-state index contributed by atoms with van der Waals surface area (Å²) in [6, 6.07) is 6.15. The smallest absolute Gasteiger partial charge is 0.180 e. The van der Waals surface area contributed by atoms with E-state index in [2.05, 4.69) is 0 Å². The minimum Gasteiger partial charge on any atom is -0.398 e. The van der Waals surface area contributed by atoms with Gasteiger partial charge in [0.25, 0.3) is 0 Å². The zero-order chi connectivity index (χ0) is 11.5. The molecular formula is C10H12N2O2S. The first-order valence-corrected chi connectivity index (χ1v) is 6.19. The molecule has 1 aromatic rings. The molecule has 1 aromatic carbocycles. The molecular weight excluding hydrogens is 212 g/mol. The number of anilines is 1. The summed E-state index contributed by atoms with van der Waals surface area (Å²) >= 11 is 0. The highest BCUT2D eigenvalue weighted by Crippen LogP contribution is 2.21. The topological polar surface area (TPSA) is 84.0 Å². The lowest BCUT2D eigenvalue weighted by atomic mass is 10.2. The van der Waals surface area contributed by atoms with Gasteiger partial charge in [-0.3, -0.25) is 0 Å². The number of nitrogens with zero attached hydrogens (tertiary/aromatic N) is 1. The van der Waals surface area contributed by atoms with Crippen LogP contribution in [0.5, 0.6) is 0 Å². The van der Waals surface area contributed by atoms with Gasteiger partial charge in [0.2, 0.25) is 0 Å². The lowest BCUT2D eigenvalue weighted by molar-refractivity contribution is 0.595. The molecule has 0 saturated carbocycles. The number of rotatable bonds is 3. The van der Waals surface area contributed by atoms with Crippen LogP contribution in [0.25, 0.3) is 0 Å². The third kappa shape index (κ3) is 2.48. The van der Waals surface area contributed by atoms with Gasteiger partial charge >= 0.3 is 0 Å². The van der Waals surface area contributed by atoms with Crippen molar-refractivity contribution >= 4 is 15.5 Å². The number of benzene rings is 1. The first-order valence-electron chi connectivity index (χ1n) is 4.53. The fourth-order valence-corrected chi connectivity index (χ4v) is 2.74. The molecule has 0 aliphatic rings. The number of hydrogen-bond acceptors (Lipinski definition) is 4. The van der Waals surface area contributed by atoms with Crippen LogP contribution in [0.15, 0.2) is 23.1 Å². The summed E-state index contributed by atoms with van der Waals surface area (Å²) in [5, 5.41) is 8.66. The molecule has 0 aliphatic heterocycles. The largest absolute Gasteiger partial charge is 0.398 e. The zero-order valence-corrected chi connectivity index (χ0v) is 9.21. The highest BCUT2D eigenvalue weighted by atomic mass is 32.2. The van der Waals surface area contributed by atoms with Crippen LogP contribution in [0, 0.1) is 11.3 Å². The van der Waals surface area contributed by atoms with Crippen molar-refractivity contribution in [2.24, 2.45) is 0 Å². The summed E-state index contributed by atoms with van der Waals surface area (Å²) in [7, 11) is -3.35. The Hall–Kier alpha value is -1.54. The van der Waals surface area contributed by atoms with Gasteiger partial charge in [0.1, 0.15) is 0 Å². The second-order valence-electron chi connectivity index (χ2n) is 3.18. The monoisotopic (exact) mass is 224 g/mol. The average molecular weight is 224 g/mol. The van der Waals surface area contributed by atoms with E-state index >= 15 is 0 Å². The summed E-state index contributed by atoms with van der Waals surface area (Å²) in [5.74, 6) is 0.0477. The first kappa shape index (κ1) is 11.5. The maximum atomic E-state index is 11.7. The standard InChI is InChI=1S/C10H12N2O2S/c1-2-5-15(13,14)10-6-8(7-11)3-4-9(10)12/h3-4,6H,2,5,12H2,1H3. The van der Waals surface area contributed by atoms with Gasteiger partial charge in [-0.15, -0.1) is 0 Å². The lowest BCUT2D eigenvalue weighted by Gasteiger charge is -2.06. The molecule has 0 radical (unpaired) electrons. The maximum absolute atomic E-state index is 11.7. The van der Waals surface area contributed by atoms with Crippen LogP contribution in [-0.4, -0.2) is 14.2 Å². The summed E-state index contributed by atoms with van der Waals surface area (Å²) in [6.45, 7) is 1.78. The summed E-state index contributed by atoms with van der Waals surface area (Å²) in [4.78, 5) is 0.0587. The third-order valence-electron chi connectivity index (χ3n) is 1.95. The third-order valence-corrected chi connectivity index (χ3v) is 3.92. The molecule has 0 unspecified atom stereocenters. The van der Waals surface area contributed by atoms with Crippen molar-refractivity contribution in [3.05, 3.63) is 23.8 Å². The average Bonchev–Trinajstić information content (AvgIpc) is 2.18. The zero-order valence-electron chi connectivity index (χ0n) is 8.40. The molecule has 2 N–H and O–H groups in total. The Morgan fingerprint density at radius 3 is 2.67 bits per heavy atom. The molecule has 0 fully saturated rings. The van der Waals surface area contributed by atoms with Crippen LogP contribution in [0.4, 0.5) is 5.69 Å². The molecule has 5 heteroatoms. The molecule has 0 bridgehead atoms. The second kappa shape index (κ2) is 4.32. The van der Waals surface area contributed by atoms with E-state index < -0.39 is 9.84 Å². The molecule has 1 rings (SSSR count). The molecule has 0 aromatic heterocycles. The van der Waals surface area contributed by atoms with Gasteiger partial charge in [-0.1, -0.05) is 6.92 Å². The van der Waals surface area contributed by atoms with Crippen molar-refractivity contribution in [3.63, 3.8) is 0 Å². The fourth-order valence-electron chi connectivity index (χ4n) is 1.25. The SMILES string of the molecule is CCCS(=O)(=O)c1cc(C#N)ccc1N. The highest BCUT2D eigenvalue weighted by Gasteiger charge is 2.16. The lowest BCUT2D eigenvalue weighted by Crippen LogP contribution is -2.09. The van der Waals surface area contributed by atoms with Crippen molar-refractivity contribution in [2.45, 2.75) is 18.2 Å². The van der Waals surface area contributed by atoms with Gasteiger partial charge in [-0.05, 0) is 24.6 Å². The normalized spacial score (nSPS) is 10.9. The van der Waals surface area contributed by atoms with Gasteiger partial charge in [0.05, 0.1) is 28.0 Å². The molecule has 0 heterocycles. The molecule has 80 valence electrons. The van der Waals surface area contributed by atoms with Crippen molar-refractivity contribution in [1.82, 2.24) is 0 Å². The Labute approximate surface area is 89.2 Å². The number of nitrogen functional groups attached to an aromatic ring is 1.